The van der Waals surface area contributed by atoms with Gasteiger partial charge in [0.2, 0.25) is 0 Å². The first kappa shape index (κ1) is 23.8. The number of hydrogen-bond acceptors (Lipinski definition) is 8. The van der Waals surface area contributed by atoms with Crippen molar-refractivity contribution in [2.45, 2.75) is 6.92 Å². The van der Waals surface area contributed by atoms with Gasteiger partial charge in [0.1, 0.15) is 11.6 Å². The minimum Gasteiger partial charge on any atom is -0.454 e. The molecule has 3 aromatic rings. The first-order chi connectivity index (χ1) is 15.7. The van der Waals surface area contributed by atoms with Crippen molar-refractivity contribution in [3.05, 3.63) is 74.1 Å². The molecule has 0 aliphatic rings. The van der Waals surface area contributed by atoms with Gasteiger partial charge < -0.3 is 10.1 Å². The van der Waals surface area contributed by atoms with Crippen molar-refractivity contribution < 1.29 is 24.0 Å². The molecular formula is C21H17ClN4O6S. The second-order valence-corrected chi connectivity index (χ2v) is 7.98. The van der Waals surface area contributed by atoms with Crippen LogP contribution in [0.4, 0.5) is 10.8 Å². The van der Waals surface area contributed by atoms with Gasteiger partial charge in [-0.25, -0.2) is 4.98 Å². The molecule has 10 nitrogen and oxygen atoms in total. The molecule has 0 bridgehead atoms. The molecule has 3 rings (SSSR count). The molecule has 2 aromatic carbocycles. The van der Waals surface area contributed by atoms with Crippen LogP contribution in [0.1, 0.15) is 15.9 Å². The van der Waals surface area contributed by atoms with E-state index < -0.39 is 41.5 Å². The molecule has 0 atom stereocenters. The molecule has 0 aliphatic carbocycles. The summed E-state index contributed by atoms with van der Waals surface area (Å²) in [6, 6.07) is 11.2. The van der Waals surface area contributed by atoms with E-state index in [0.717, 1.165) is 17.2 Å². The minimum atomic E-state index is -0.860. The van der Waals surface area contributed by atoms with Crippen molar-refractivity contribution in [2.24, 2.45) is 0 Å². The van der Waals surface area contributed by atoms with Gasteiger partial charge in [0.15, 0.2) is 11.7 Å². The maximum absolute atomic E-state index is 12.1. The fourth-order valence-electron chi connectivity index (χ4n) is 2.59. The topological polar surface area (TPSA) is 141 Å². The molecule has 1 heterocycles. The number of halogens is 1. The van der Waals surface area contributed by atoms with Gasteiger partial charge in [-0.2, -0.15) is 0 Å². The van der Waals surface area contributed by atoms with Crippen molar-refractivity contribution >= 4 is 51.5 Å². The highest BCUT2D eigenvalue weighted by molar-refractivity contribution is 7.14. The number of nitro benzene ring substituents is 1. The molecule has 0 aliphatic heterocycles. The van der Waals surface area contributed by atoms with E-state index >= 15 is 0 Å². The summed E-state index contributed by atoms with van der Waals surface area (Å²) in [5.74, 6) is -2.18. The molecule has 0 fully saturated rings. The lowest BCUT2D eigenvalue weighted by molar-refractivity contribution is -0.384. The summed E-state index contributed by atoms with van der Waals surface area (Å²) < 4.78 is 4.83. The smallest absolute Gasteiger partial charge is 0.325 e. The third-order valence-electron chi connectivity index (χ3n) is 4.26. The SMILES string of the molecule is Cc1ccc(-c2csc(NC(=O)COC(=O)CNC(=O)c3ccc(Cl)c([N+](=O)[O-])c3)n2)cc1. The highest BCUT2D eigenvalue weighted by Gasteiger charge is 2.17. The molecule has 33 heavy (non-hydrogen) atoms. The third kappa shape index (κ3) is 6.57. The minimum absolute atomic E-state index is 0.0511. The van der Waals surface area contributed by atoms with Gasteiger partial charge in [-0.15, -0.1) is 11.3 Å². The van der Waals surface area contributed by atoms with Crippen LogP contribution in [0.15, 0.2) is 47.8 Å². The van der Waals surface area contributed by atoms with Crippen LogP contribution in [0.2, 0.25) is 5.02 Å². The normalized spacial score (nSPS) is 10.4. The third-order valence-corrected chi connectivity index (χ3v) is 5.34. The van der Waals surface area contributed by atoms with Crippen LogP contribution in [0.25, 0.3) is 11.3 Å². The van der Waals surface area contributed by atoms with E-state index in [9.17, 15) is 24.5 Å². The predicted molar refractivity (Wildman–Crippen MR) is 122 cm³/mol. The number of ether oxygens (including phenoxy) is 1. The molecule has 2 amide bonds. The van der Waals surface area contributed by atoms with Crippen LogP contribution in [-0.2, 0) is 14.3 Å². The first-order valence-electron chi connectivity index (χ1n) is 9.43. The average Bonchev–Trinajstić information content (AvgIpc) is 3.25. The average molecular weight is 489 g/mol. The lowest BCUT2D eigenvalue weighted by Crippen LogP contribution is -2.32. The Hall–Kier alpha value is -3.83. The zero-order chi connectivity index (χ0) is 24.0. The lowest BCUT2D eigenvalue weighted by atomic mass is 10.1. The highest BCUT2D eigenvalue weighted by Crippen LogP contribution is 2.26. The Morgan fingerprint density at radius 2 is 1.91 bits per heavy atom. The number of benzene rings is 2. The Bertz CT molecular complexity index is 1210. The molecule has 12 heteroatoms. The number of amides is 2. The molecule has 2 N–H and O–H groups in total. The zero-order valence-electron chi connectivity index (χ0n) is 17.2. The van der Waals surface area contributed by atoms with E-state index in [1.54, 1.807) is 5.38 Å². The van der Waals surface area contributed by atoms with Crippen LogP contribution in [-0.4, -0.2) is 40.8 Å². The fourth-order valence-corrected chi connectivity index (χ4v) is 3.51. The number of nitrogens with zero attached hydrogens (tertiary/aromatic N) is 2. The number of thiazole rings is 1. The van der Waals surface area contributed by atoms with E-state index in [4.69, 9.17) is 16.3 Å². The van der Waals surface area contributed by atoms with E-state index in [-0.39, 0.29) is 10.6 Å². The number of nitrogens with one attached hydrogen (secondary N) is 2. The number of aromatic nitrogens is 1. The summed E-state index contributed by atoms with van der Waals surface area (Å²) in [4.78, 5) is 50.4. The predicted octanol–water partition coefficient (Wildman–Crippen LogP) is 3.59. The molecule has 170 valence electrons. The van der Waals surface area contributed by atoms with Crippen LogP contribution in [0.5, 0.6) is 0 Å². The number of anilines is 1. The summed E-state index contributed by atoms with van der Waals surface area (Å²) in [6.45, 7) is 0.880. The van der Waals surface area contributed by atoms with Crippen LogP contribution < -0.4 is 10.6 Å². The van der Waals surface area contributed by atoms with E-state index in [2.05, 4.69) is 15.6 Å². The van der Waals surface area contributed by atoms with Gasteiger partial charge in [-0.1, -0.05) is 41.4 Å². The number of rotatable bonds is 8. The van der Waals surface area contributed by atoms with Crippen molar-refractivity contribution in [1.29, 1.82) is 0 Å². The zero-order valence-corrected chi connectivity index (χ0v) is 18.7. The molecule has 0 radical (unpaired) electrons. The number of carbonyl (C=O) groups is 3. The first-order valence-corrected chi connectivity index (χ1v) is 10.7. The van der Waals surface area contributed by atoms with Crippen molar-refractivity contribution in [1.82, 2.24) is 10.3 Å². The second-order valence-electron chi connectivity index (χ2n) is 6.72. The van der Waals surface area contributed by atoms with Gasteiger partial charge >= 0.3 is 5.97 Å². The maximum atomic E-state index is 12.1. The lowest BCUT2D eigenvalue weighted by Gasteiger charge is -2.07. The van der Waals surface area contributed by atoms with E-state index in [1.807, 2.05) is 31.2 Å². The molecule has 0 spiro atoms. The maximum Gasteiger partial charge on any atom is 0.325 e. The fraction of sp³-hybridized carbons (Fsp3) is 0.143. The Morgan fingerprint density at radius 3 is 2.61 bits per heavy atom. The second kappa shape index (κ2) is 10.7. The number of aryl methyl sites for hydroxylation is 1. The summed E-state index contributed by atoms with van der Waals surface area (Å²) >= 11 is 6.93. The summed E-state index contributed by atoms with van der Waals surface area (Å²) in [7, 11) is 0. The molecule has 0 saturated heterocycles. The van der Waals surface area contributed by atoms with E-state index in [1.165, 1.54) is 23.5 Å². The quantitative estimate of drug-likeness (QED) is 0.280. The van der Waals surface area contributed by atoms with Crippen LogP contribution >= 0.6 is 22.9 Å². The van der Waals surface area contributed by atoms with Gasteiger partial charge in [-0.3, -0.25) is 29.8 Å². The Balaban J connectivity index is 1.45. The summed E-state index contributed by atoms with van der Waals surface area (Å²) in [5, 5.41) is 17.7. The van der Waals surface area contributed by atoms with Crippen LogP contribution in [0, 0.1) is 17.0 Å². The molecule has 1 aromatic heterocycles. The van der Waals surface area contributed by atoms with E-state index in [0.29, 0.717) is 10.8 Å². The largest absolute Gasteiger partial charge is 0.454 e. The Morgan fingerprint density at radius 1 is 1.18 bits per heavy atom. The van der Waals surface area contributed by atoms with Gasteiger partial charge in [0.25, 0.3) is 17.5 Å². The van der Waals surface area contributed by atoms with Crippen molar-refractivity contribution in [2.75, 3.05) is 18.5 Å². The standard InChI is InChI=1S/C21H17ClN4O6S/c1-12-2-4-13(5-3-12)16-11-33-21(24-16)25-18(27)10-32-19(28)9-23-20(29)14-6-7-15(22)17(8-14)26(30)31/h2-8,11H,9-10H2,1H3,(H,23,29)(H,24,25,27). The molecule has 0 saturated carbocycles. The van der Waals surface area contributed by atoms with Crippen LogP contribution in [0.3, 0.4) is 0 Å². The number of esters is 1. The van der Waals surface area contributed by atoms with Crippen molar-refractivity contribution in [3.8, 4) is 11.3 Å². The summed E-state index contributed by atoms with van der Waals surface area (Å²) in [5.41, 5.74) is 2.25. The Labute approximate surface area is 196 Å². The van der Waals surface area contributed by atoms with Crippen molar-refractivity contribution in [3.63, 3.8) is 0 Å². The molecular weight excluding hydrogens is 472 g/mol. The highest BCUT2D eigenvalue weighted by atomic mass is 35.5. The summed E-state index contributed by atoms with van der Waals surface area (Å²) in [6.07, 6.45) is 0. The van der Waals surface area contributed by atoms with Gasteiger partial charge in [0.05, 0.1) is 10.6 Å². The monoisotopic (exact) mass is 488 g/mol. The molecule has 0 unspecified atom stereocenters. The van der Waals surface area contributed by atoms with Gasteiger partial charge in [0, 0.05) is 22.6 Å². The Kier molecular flexibility index (Phi) is 7.70. The number of hydrogen-bond donors (Lipinski definition) is 2. The number of nitro groups is 1. The van der Waals surface area contributed by atoms with Gasteiger partial charge in [-0.05, 0) is 19.1 Å². The number of carbonyl (C=O) groups excluding carboxylic acids is 3.